The van der Waals surface area contributed by atoms with Gasteiger partial charge in [0.15, 0.2) is 0 Å². The number of halogens is 1. The SMILES string of the molecule is Cc1cc(C)c(N[C@H]2CC(=O)N(c3ccc(F)cc3)C2=O)c(C)c1. The molecule has 0 saturated carbocycles. The fraction of sp³-hybridized carbons (Fsp3) is 0.263. The van der Waals surface area contributed by atoms with Crippen LogP contribution in [0.3, 0.4) is 0 Å². The quantitative estimate of drug-likeness (QED) is 0.878. The highest BCUT2D eigenvalue weighted by Gasteiger charge is 2.39. The predicted molar refractivity (Wildman–Crippen MR) is 91.6 cm³/mol. The number of benzene rings is 2. The van der Waals surface area contributed by atoms with Gasteiger partial charge < -0.3 is 5.32 Å². The fourth-order valence-corrected chi connectivity index (χ4v) is 3.19. The molecule has 0 unspecified atom stereocenters. The molecule has 0 aromatic heterocycles. The molecule has 2 amide bonds. The third-order valence-electron chi connectivity index (χ3n) is 4.23. The summed E-state index contributed by atoms with van der Waals surface area (Å²) in [7, 11) is 0. The van der Waals surface area contributed by atoms with Crippen molar-refractivity contribution in [2.24, 2.45) is 0 Å². The molecule has 124 valence electrons. The minimum absolute atomic E-state index is 0.0863. The summed E-state index contributed by atoms with van der Waals surface area (Å²) in [5.74, 6) is -1.00. The van der Waals surface area contributed by atoms with E-state index in [9.17, 15) is 14.0 Å². The second-order valence-electron chi connectivity index (χ2n) is 6.22. The summed E-state index contributed by atoms with van der Waals surface area (Å²) in [5, 5.41) is 3.21. The Bertz CT molecular complexity index is 792. The molecule has 24 heavy (non-hydrogen) atoms. The first kappa shape index (κ1) is 16.2. The maximum Gasteiger partial charge on any atom is 0.256 e. The number of imide groups is 1. The maximum absolute atomic E-state index is 13.1. The van der Waals surface area contributed by atoms with Gasteiger partial charge in [0.05, 0.1) is 12.1 Å². The van der Waals surface area contributed by atoms with Gasteiger partial charge in [-0.25, -0.2) is 9.29 Å². The van der Waals surface area contributed by atoms with Gasteiger partial charge in [0.2, 0.25) is 5.91 Å². The van der Waals surface area contributed by atoms with Gasteiger partial charge in [-0.1, -0.05) is 17.7 Å². The van der Waals surface area contributed by atoms with E-state index in [0.29, 0.717) is 5.69 Å². The first-order valence-corrected chi connectivity index (χ1v) is 7.83. The standard InChI is InChI=1S/C19H19FN2O2/c1-11-8-12(2)18(13(3)9-11)21-16-10-17(23)22(19(16)24)15-6-4-14(20)5-7-15/h4-9,16,21H,10H2,1-3H3/t16-/m0/s1. The number of nitrogens with zero attached hydrogens (tertiary/aromatic N) is 1. The van der Waals surface area contributed by atoms with Crippen molar-refractivity contribution in [1.82, 2.24) is 0 Å². The van der Waals surface area contributed by atoms with E-state index in [2.05, 4.69) is 5.32 Å². The van der Waals surface area contributed by atoms with Crippen LogP contribution >= 0.6 is 0 Å². The summed E-state index contributed by atoms with van der Waals surface area (Å²) in [6.07, 6.45) is 0.0863. The molecular weight excluding hydrogens is 307 g/mol. The van der Waals surface area contributed by atoms with Crippen LogP contribution in [0.15, 0.2) is 36.4 Å². The van der Waals surface area contributed by atoms with Gasteiger partial charge in [-0.15, -0.1) is 0 Å². The number of carbonyl (C=O) groups is 2. The number of rotatable bonds is 3. The third kappa shape index (κ3) is 2.89. The van der Waals surface area contributed by atoms with Crippen LogP contribution in [-0.4, -0.2) is 17.9 Å². The molecule has 1 N–H and O–H groups in total. The Balaban J connectivity index is 1.86. The van der Waals surface area contributed by atoms with E-state index in [4.69, 9.17) is 0 Å². The Morgan fingerprint density at radius 3 is 2.21 bits per heavy atom. The van der Waals surface area contributed by atoms with E-state index in [1.54, 1.807) is 0 Å². The summed E-state index contributed by atoms with van der Waals surface area (Å²) < 4.78 is 13.1. The second-order valence-corrected chi connectivity index (χ2v) is 6.22. The molecule has 1 atom stereocenters. The lowest BCUT2D eigenvalue weighted by molar-refractivity contribution is -0.121. The number of hydrogen-bond acceptors (Lipinski definition) is 3. The minimum atomic E-state index is -0.609. The molecule has 1 fully saturated rings. The smallest absolute Gasteiger partial charge is 0.256 e. The fourth-order valence-electron chi connectivity index (χ4n) is 3.19. The van der Waals surface area contributed by atoms with Gasteiger partial charge in [0.25, 0.3) is 5.91 Å². The summed E-state index contributed by atoms with van der Waals surface area (Å²) in [6.45, 7) is 5.97. The lowest BCUT2D eigenvalue weighted by Gasteiger charge is -2.19. The first-order valence-electron chi connectivity index (χ1n) is 7.83. The average Bonchev–Trinajstić information content (AvgIpc) is 2.78. The molecule has 5 heteroatoms. The largest absolute Gasteiger partial charge is 0.373 e. The van der Waals surface area contributed by atoms with Gasteiger partial charge in [-0.2, -0.15) is 0 Å². The highest BCUT2D eigenvalue weighted by atomic mass is 19.1. The summed E-state index contributed by atoms with van der Waals surface area (Å²) in [5.41, 5.74) is 4.50. The Labute approximate surface area is 140 Å². The van der Waals surface area contributed by atoms with Crippen LogP contribution in [0.5, 0.6) is 0 Å². The van der Waals surface area contributed by atoms with Crippen LogP contribution < -0.4 is 10.2 Å². The number of aryl methyl sites for hydroxylation is 3. The molecule has 1 aliphatic heterocycles. The number of amides is 2. The van der Waals surface area contributed by atoms with Crippen molar-refractivity contribution in [3.63, 3.8) is 0 Å². The molecule has 2 aromatic rings. The second kappa shape index (κ2) is 6.07. The lowest BCUT2D eigenvalue weighted by atomic mass is 10.0. The van der Waals surface area contributed by atoms with Gasteiger partial charge in [-0.05, 0) is 56.2 Å². The van der Waals surface area contributed by atoms with Crippen molar-refractivity contribution in [1.29, 1.82) is 0 Å². The van der Waals surface area contributed by atoms with Crippen molar-refractivity contribution >= 4 is 23.2 Å². The molecule has 1 saturated heterocycles. The van der Waals surface area contributed by atoms with E-state index in [1.807, 2.05) is 32.9 Å². The Morgan fingerprint density at radius 1 is 1.04 bits per heavy atom. The molecule has 3 rings (SSSR count). The van der Waals surface area contributed by atoms with Gasteiger partial charge in [0, 0.05) is 5.69 Å². The predicted octanol–water partition coefficient (Wildman–Crippen LogP) is 3.49. The molecule has 0 aliphatic carbocycles. The molecule has 4 nitrogen and oxygen atoms in total. The van der Waals surface area contributed by atoms with Crippen LogP contribution in [0, 0.1) is 26.6 Å². The van der Waals surface area contributed by atoms with E-state index >= 15 is 0 Å². The first-order chi connectivity index (χ1) is 11.4. The third-order valence-corrected chi connectivity index (χ3v) is 4.23. The normalized spacial score (nSPS) is 17.5. The highest BCUT2D eigenvalue weighted by Crippen LogP contribution is 2.28. The molecule has 0 spiro atoms. The van der Waals surface area contributed by atoms with E-state index in [0.717, 1.165) is 27.3 Å². The van der Waals surface area contributed by atoms with Crippen molar-refractivity contribution in [3.8, 4) is 0 Å². The average molecular weight is 326 g/mol. The Kier molecular flexibility index (Phi) is 4.09. The topological polar surface area (TPSA) is 49.4 Å². The molecule has 2 aromatic carbocycles. The van der Waals surface area contributed by atoms with Crippen molar-refractivity contribution in [2.75, 3.05) is 10.2 Å². The van der Waals surface area contributed by atoms with Crippen molar-refractivity contribution in [2.45, 2.75) is 33.2 Å². The van der Waals surface area contributed by atoms with E-state index in [-0.39, 0.29) is 18.2 Å². The van der Waals surface area contributed by atoms with Crippen LogP contribution in [-0.2, 0) is 9.59 Å². The maximum atomic E-state index is 13.1. The zero-order valence-electron chi connectivity index (χ0n) is 13.9. The molecule has 0 bridgehead atoms. The van der Waals surface area contributed by atoms with E-state index in [1.165, 1.54) is 24.3 Å². The molecule has 1 aliphatic rings. The summed E-state index contributed by atoms with van der Waals surface area (Å²) in [4.78, 5) is 26.0. The number of hydrogen-bond donors (Lipinski definition) is 1. The number of carbonyl (C=O) groups excluding carboxylic acids is 2. The Morgan fingerprint density at radius 2 is 1.62 bits per heavy atom. The number of nitrogens with one attached hydrogen (secondary N) is 1. The van der Waals surface area contributed by atoms with Crippen molar-refractivity contribution < 1.29 is 14.0 Å². The Hall–Kier alpha value is -2.69. The van der Waals surface area contributed by atoms with Crippen molar-refractivity contribution in [3.05, 3.63) is 58.9 Å². The summed E-state index contributed by atoms with van der Waals surface area (Å²) in [6, 6.07) is 8.83. The lowest BCUT2D eigenvalue weighted by Crippen LogP contribution is -2.35. The monoisotopic (exact) mass is 326 g/mol. The van der Waals surface area contributed by atoms with Gasteiger partial charge in [-0.3, -0.25) is 9.59 Å². The molecular formula is C19H19FN2O2. The van der Waals surface area contributed by atoms with Crippen LogP contribution in [0.25, 0.3) is 0 Å². The van der Waals surface area contributed by atoms with Crippen LogP contribution in [0.1, 0.15) is 23.1 Å². The molecule has 1 heterocycles. The highest BCUT2D eigenvalue weighted by molar-refractivity contribution is 6.23. The zero-order chi connectivity index (χ0) is 17.4. The molecule has 0 radical (unpaired) electrons. The zero-order valence-corrected chi connectivity index (χ0v) is 13.9. The number of anilines is 2. The minimum Gasteiger partial charge on any atom is -0.373 e. The van der Waals surface area contributed by atoms with Crippen LogP contribution in [0.4, 0.5) is 15.8 Å². The van der Waals surface area contributed by atoms with Gasteiger partial charge >= 0.3 is 0 Å². The van der Waals surface area contributed by atoms with Crippen LogP contribution in [0.2, 0.25) is 0 Å². The van der Waals surface area contributed by atoms with E-state index < -0.39 is 11.9 Å². The summed E-state index contributed by atoms with van der Waals surface area (Å²) >= 11 is 0. The van der Waals surface area contributed by atoms with Gasteiger partial charge in [0.1, 0.15) is 11.9 Å².